The van der Waals surface area contributed by atoms with Gasteiger partial charge in [0.1, 0.15) is 11.9 Å². The molecule has 0 aromatic heterocycles. The lowest BCUT2D eigenvalue weighted by Crippen LogP contribution is -2.32. The van der Waals surface area contributed by atoms with Gasteiger partial charge in [-0.15, -0.1) is 0 Å². The van der Waals surface area contributed by atoms with E-state index in [2.05, 4.69) is 158 Å². The maximum atomic E-state index is 6.72. The van der Waals surface area contributed by atoms with Gasteiger partial charge in [0.15, 0.2) is 0 Å². The smallest absolute Gasteiger partial charge is 0.128 e. The molecule has 198 valence electrons. The summed E-state index contributed by atoms with van der Waals surface area (Å²) >= 11 is 0. The SMILES string of the molecule is C1=CC2Oc3cccc4cccc(c34)C2C(c2ccccc2C2(c3ccccc3)c3ccccc3-c3ccccc32)=C1. The predicted octanol–water partition coefficient (Wildman–Crippen LogP) is 9.70. The summed E-state index contributed by atoms with van der Waals surface area (Å²) in [5.41, 5.74) is 11.3. The number of hydrogen-bond donors (Lipinski definition) is 0. The zero-order valence-corrected chi connectivity index (χ0v) is 23.1. The van der Waals surface area contributed by atoms with Crippen LogP contribution in [0.3, 0.4) is 0 Å². The van der Waals surface area contributed by atoms with Crippen LogP contribution in [-0.4, -0.2) is 6.10 Å². The zero-order chi connectivity index (χ0) is 27.7. The molecule has 0 amide bonds. The third-order valence-electron chi connectivity index (χ3n) is 9.54. The molecule has 3 aliphatic rings. The van der Waals surface area contributed by atoms with Gasteiger partial charge in [0, 0.05) is 5.39 Å². The van der Waals surface area contributed by atoms with Crippen molar-refractivity contribution in [3.63, 3.8) is 0 Å². The largest absolute Gasteiger partial charge is 0.485 e. The van der Waals surface area contributed by atoms with Gasteiger partial charge in [-0.1, -0.05) is 146 Å². The molecule has 6 aromatic carbocycles. The first kappa shape index (κ1) is 23.6. The average molecular weight is 537 g/mol. The van der Waals surface area contributed by atoms with E-state index in [0.717, 1.165) is 5.75 Å². The summed E-state index contributed by atoms with van der Waals surface area (Å²) in [4.78, 5) is 0. The van der Waals surface area contributed by atoms with Crippen LogP contribution >= 0.6 is 0 Å². The monoisotopic (exact) mass is 536 g/mol. The van der Waals surface area contributed by atoms with Gasteiger partial charge in [0.2, 0.25) is 0 Å². The fourth-order valence-corrected chi connectivity index (χ4v) is 7.95. The van der Waals surface area contributed by atoms with Crippen LogP contribution in [0.5, 0.6) is 5.75 Å². The Morgan fingerprint density at radius 2 is 1.12 bits per heavy atom. The minimum Gasteiger partial charge on any atom is -0.485 e. The molecule has 0 saturated heterocycles. The van der Waals surface area contributed by atoms with Crippen molar-refractivity contribution in [2.45, 2.75) is 17.4 Å². The Balaban J connectivity index is 1.36. The number of fused-ring (bicyclic) bond motifs is 5. The van der Waals surface area contributed by atoms with Crippen LogP contribution < -0.4 is 4.74 Å². The van der Waals surface area contributed by atoms with Gasteiger partial charge in [0.25, 0.3) is 0 Å². The van der Waals surface area contributed by atoms with Crippen LogP contribution in [0.2, 0.25) is 0 Å². The number of rotatable bonds is 3. The quantitative estimate of drug-likeness (QED) is 0.218. The molecule has 0 bridgehead atoms. The second kappa shape index (κ2) is 8.93. The summed E-state index contributed by atoms with van der Waals surface area (Å²) in [6, 6.07) is 51.2. The number of allylic oxidation sites excluding steroid dienone is 2. The Hall–Kier alpha value is -5.14. The number of hydrogen-bond acceptors (Lipinski definition) is 1. The van der Waals surface area contributed by atoms with E-state index in [4.69, 9.17) is 4.74 Å². The highest BCUT2D eigenvalue weighted by molar-refractivity contribution is 5.96. The van der Waals surface area contributed by atoms with Crippen LogP contribution in [0.25, 0.3) is 27.5 Å². The number of ether oxygens (including phenoxy) is 1. The molecule has 1 heteroatoms. The highest BCUT2D eigenvalue weighted by Gasteiger charge is 2.48. The average Bonchev–Trinajstić information content (AvgIpc) is 3.36. The van der Waals surface area contributed by atoms with Crippen molar-refractivity contribution in [2.24, 2.45) is 0 Å². The van der Waals surface area contributed by atoms with Gasteiger partial charge in [-0.3, -0.25) is 0 Å². The first-order chi connectivity index (χ1) is 20.9. The first-order valence-electron chi connectivity index (χ1n) is 14.8. The Bertz CT molecular complexity index is 2030. The maximum Gasteiger partial charge on any atom is 0.128 e. The molecule has 0 radical (unpaired) electrons. The summed E-state index contributed by atoms with van der Waals surface area (Å²) in [6.07, 6.45) is 6.67. The Labute approximate surface area is 246 Å². The van der Waals surface area contributed by atoms with E-state index in [9.17, 15) is 0 Å². The lowest BCUT2D eigenvalue weighted by atomic mass is 9.64. The van der Waals surface area contributed by atoms with Gasteiger partial charge >= 0.3 is 0 Å². The minimum atomic E-state index is -0.456. The molecular weight excluding hydrogens is 508 g/mol. The Morgan fingerprint density at radius 1 is 0.524 bits per heavy atom. The highest BCUT2D eigenvalue weighted by atomic mass is 16.5. The van der Waals surface area contributed by atoms with Crippen molar-refractivity contribution in [3.05, 3.63) is 191 Å². The normalized spacial score (nSPS) is 18.9. The van der Waals surface area contributed by atoms with E-state index in [1.807, 2.05) is 0 Å². The minimum absolute atomic E-state index is 0.0608. The van der Waals surface area contributed by atoms with E-state index in [0.29, 0.717) is 0 Å². The molecule has 1 nitrogen and oxygen atoms in total. The molecule has 2 unspecified atom stereocenters. The van der Waals surface area contributed by atoms with Gasteiger partial charge < -0.3 is 4.74 Å². The van der Waals surface area contributed by atoms with Crippen LogP contribution in [0.1, 0.15) is 39.3 Å². The van der Waals surface area contributed by atoms with Crippen LogP contribution in [0, 0.1) is 0 Å². The molecule has 6 aromatic rings. The van der Waals surface area contributed by atoms with Gasteiger partial charge in [-0.05, 0) is 67.6 Å². The van der Waals surface area contributed by atoms with E-state index >= 15 is 0 Å². The predicted molar refractivity (Wildman–Crippen MR) is 172 cm³/mol. The van der Waals surface area contributed by atoms with E-state index in [1.54, 1.807) is 0 Å². The second-order valence-electron chi connectivity index (χ2n) is 11.5. The van der Waals surface area contributed by atoms with Gasteiger partial charge in [-0.25, -0.2) is 0 Å². The van der Waals surface area contributed by atoms with Crippen molar-refractivity contribution in [2.75, 3.05) is 0 Å². The Kier molecular flexibility index (Phi) is 5.01. The fourth-order valence-electron chi connectivity index (χ4n) is 7.95. The van der Waals surface area contributed by atoms with Crippen molar-refractivity contribution in [1.29, 1.82) is 0 Å². The molecule has 0 spiro atoms. The maximum absolute atomic E-state index is 6.72. The standard InChI is InChI=1S/C41H28O/c1-2-15-28(16-3-1)41(34-22-7-4-17-29(34)30-18-5-8-23-35(30)41)36-24-9-6-19-31(36)32-20-12-26-38-40(32)33-21-10-13-27-14-11-25-37(42-38)39(27)33/h1-26,38,40H. The van der Waals surface area contributed by atoms with Crippen molar-refractivity contribution >= 4 is 16.3 Å². The molecule has 9 rings (SSSR count). The Morgan fingerprint density at radius 3 is 1.83 bits per heavy atom. The van der Waals surface area contributed by atoms with Crippen molar-refractivity contribution < 1.29 is 4.74 Å². The first-order valence-corrected chi connectivity index (χ1v) is 14.8. The zero-order valence-electron chi connectivity index (χ0n) is 23.1. The number of benzene rings is 6. The van der Waals surface area contributed by atoms with Crippen molar-refractivity contribution in [1.82, 2.24) is 0 Å². The second-order valence-corrected chi connectivity index (χ2v) is 11.5. The van der Waals surface area contributed by atoms with Crippen molar-refractivity contribution in [3.8, 4) is 16.9 Å². The summed E-state index contributed by atoms with van der Waals surface area (Å²) in [6.45, 7) is 0. The molecule has 2 atom stereocenters. The third-order valence-corrected chi connectivity index (χ3v) is 9.54. The fraction of sp³-hybridized carbons (Fsp3) is 0.0732. The summed E-state index contributed by atoms with van der Waals surface area (Å²) in [5, 5.41) is 2.46. The molecule has 1 aliphatic heterocycles. The molecule has 0 fully saturated rings. The summed E-state index contributed by atoms with van der Waals surface area (Å²) in [5.74, 6) is 1.07. The van der Waals surface area contributed by atoms with Gasteiger partial charge in [0.05, 0.1) is 11.3 Å². The van der Waals surface area contributed by atoms with Crippen LogP contribution in [0.4, 0.5) is 0 Å². The molecule has 2 aliphatic carbocycles. The van der Waals surface area contributed by atoms with Gasteiger partial charge in [-0.2, -0.15) is 0 Å². The van der Waals surface area contributed by atoms with E-state index in [1.165, 1.54) is 60.9 Å². The molecule has 42 heavy (non-hydrogen) atoms. The van der Waals surface area contributed by atoms with Crippen LogP contribution in [-0.2, 0) is 5.41 Å². The molecule has 1 heterocycles. The molecule has 0 saturated carbocycles. The lowest BCUT2D eigenvalue weighted by Gasteiger charge is -2.39. The summed E-state index contributed by atoms with van der Waals surface area (Å²) in [7, 11) is 0. The lowest BCUT2D eigenvalue weighted by molar-refractivity contribution is 0.230. The third kappa shape index (κ3) is 3.08. The highest BCUT2D eigenvalue weighted by Crippen LogP contribution is 2.58. The van der Waals surface area contributed by atoms with Crippen LogP contribution in [0.15, 0.2) is 158 Å². The molecular formula is C41H28O. The summed E-state index contributed by atoms with van der Waals surface area (Å²) < 4.78 is 6.72. The van der Waals surface area contributed by atoms with E-state index < -0.39 is 5.41 Å². The topological polar surface area (TPSA) is 9.23 Å². The molecule has 0 N–H and O–H groups in total. The van der Waals surface area contributed by atoms with E-state index in [-0.39, 0.29) is 12.0 Å².